The lowest BCUT2D eigenvalue weighted by Gasteiger charge is -2.31. The molecule has 0 amide bonds. The van der Waals surface area contributed by atoms with Crippen LogP contribution in [0.15, 0.2) is 18.2 Å². The van der Waals surface area contributed by atoms with Crippen molar-refractivity contribution >= 4 is 0 Å². The fourth-order valence-corrected chi connectivity index (χ4v) is 1.81. The first-order chi connectivity index (χ1) is 6.91. The molecule has 1 unspecified atom stereocenters. The summed E-state index contributed by atoms with van der Waals surface area (Å²) < 4.78 is 13.4. The van der Waals surface area contributed by atoms with Gasteiger partial charge in [0.05, 0.1) is 5.60 Å². The first-order valence-electron chi connectivity index (χ1n) is 5.40. The van der Waals surface area contributed by atoms with Gasteiger partial charge in [0, 0.05) is 0 Å². The van der Waals surface area contributed by atoms with E-state index in [0.29, 0.717) is 17.5 Å². The molecule has 1 aromatic carbocycles. The van der Waals surface area contributed by atoms with Crippen molar-refractivity contribution in [2.24, 2.45) is 5.92 Å². The summed E-state index contributed by atoms with van der Waals surface area (Å²) in [4.78, 5) is 0. The van der Waals surface area contributed by atoms with E-state index >= 15 is 0 Å². The summed E-state index contributed by atoms with van der Waals surface area (Å²) in [6.45, 7) is 7.53. The highest BCUT2D eigenvalue weighted by atomic mass is 19.1. The number of rotatable bonds is 3. The van der Waals surface area contributed by atoms with Gasteiger partial charge in [-0.05, 0) is 36.5 Å². The molecule has 0 heterocycles. The van der Waals surface area contributed by atoms with E-state index < -0.39 is 5.60 Å². The van der Waals surface area contributed by atoms with Crippen molar-refractivity contribution < 1.29 is 9.50 Å². The fourth-order valence-electron chi connectivity index (χ4n) is 1.81. The molecule has 1 rings (SSSR count). The summed E-state index contributed by atoms with van der Waals surface area (Å²) in [5.41, 5.74) is 0.359. The minimum absolute atomic E-state index is 0.0737. The summed E-state index contributed by atoms with van der Waals surface area (Å²) in [6, 6.07) is 4.97. The molecule has 0 saturated heterocycles. The van der Waals surface area contributed by atoms with Gasteiger partial charge < -0.3 is 5.11 Å². The molecule has 1 nitrogen and oxygen atoms in total. The summed E-state index contributed by atoms with van der Waals surface area (Å²) in [7, 11) is 0. The molecule has 1 N–H and O–H groups in total. The third-order valence-electron chi connectivity index (χ3n) is 3.17. The van der Waals surface area contributed by atoms with E-state index in [-0.39, 0.29) is 11.7 Å². The standard InChI is InChI=1S/C13H19FO/c1-5-13(15,9(2)3)11-7-6-10(4)12(14)8-11/h6-9,15H,5H2,1-4H3. The van der Waals surface area contributed by atoms with Crippen molar-refractivity contribution in [1.82, 2.24) is 0 Å². The van der Waals surface area contributed by atoms with Crippen LogP contribution in [-0.4, -0.2) is 5.11 Å². The quantitative estimate of drug-likeness (QED) is 0.810. The fraction of sp³-hybridized carbons (Fsp3) is 0.538. The molecule has 15 heavy (non-hydrogen) atoms. The Morgan fingerprint density at radius 2 is 2.00 bits per heavy atom. The Hall–Kier alpha value is -0.890. The largest absolute Gasteiger partial charge is 0.385 e. The molecule has 0 radical (unpaired) electrons. The molecule has 0 bridgehead atoms. The minimum atomic E-state index is -0.922. The van der Waals surface area contributed by atoms with Crippen LogP contribution in [0.3, 0.4) is 0 Å². The second-order valence-corrected chi connectivity index (χ2v) is 4.40. The second kappa shape index (κ2) is 4.31. The Morgan fingerprint density at radius 1 is 1.40 bits per heavy atom. The van der Waals surface area contributed by atoms with Crippen molar-refractivity contribution in [1.29, 1.82) is 0 Å². The van der Waals surface area contributed by atoms with Gasteiger partial charge in [0.25, 0.3) is 0 Å². The second-order valence-electron chi connectivity index (χ2n) is 4.40. The van der Waals surface area contributed by atoms with Crippen LogP contribution >= 0.6 is 0 Å². The van der Waals surface area contributed by atoms with Gasteiger partial charge in [-0.1, -0.05) is 32.9 Å². The van der Waals surface area contributed by atoms with Crippen LogP contribution < -0.4 is 0 Å². The van der Waals surface area contributed by atoms with Crippen LogP contribution in [0.1, 0.15) is 38.3 Å². The molecule has 0 fully saturated rings. The predicted octanol–water partition coefficient (Wildman–Crippen LogP) is 3.39. The molecular weight excluding hydrogens is 191 g/mol. The number of hydrogen-bond acceptors (Lipinski definition) is 1. The van der Waals surface area contributed by atoms with E-state index in [4.69, 9.17) is 0 Å². The first-order valence-corrected chi connectivity index (χ1v) is 5.40. The highest BCUT2D eigenvalue weighted by molar-refractivity contribution is 5.28. The third-order valence-corrected chi connectivity index (χ3v) is 3.17. The Labute approximate surface area is 90.9 Å². The molecule has 84 valence electrons. The van der Waals surface area contributed by atoms with E-state index in [2.05, 4.69) is 0 Å². The van der Waals surface area contributed by atoms with Gasteiger partial charge >= 0.3 is 0 Å². The van der Waals surface area contributed by atoms with E-state index in [1.54, 1.807) is 13.0 Å². The minimum Gasteiger partial charge on any atom is -0.385 e. The van der Waals surface area contributed by atoms with Gasteiger partial charge in [0.1, 0.15) is 5.82 Å². The van der Waals surface area contributed by atoms with E-state index in [1.807, 2.05) is 26.8 Å². The monoisotopic (exact) mass is 210 g/mol. The number of aliphatic hydroxyl groups is 1. The Kier molecular flexibility index (Phi) is 3.50. The predicted molar refractivity (Wildman–Crippen MR) is 60.2 cm³/mol. The van der Waals surface area contributed by atoms with E-state index in [0.717, 1.165) is 0 Å². The van der Waals surface area contributed by atoms with Gasteiger partial charge in [0.15, 0.2) is 0 Å². The summed E-state index contributed by atoms with van der Waals surface area (Å²) in [5, 5.41) is 10.4. The van der Waals surface area contributed by atoms with Crippen LogP contribution in [-0.2, 0) is 5.60 Å². The maximum absolute atomic E-state index is 13.4. The maximum atomic E-state index is 13.4. The normalized spacial score (nSPS) is 15.4. The topological polar surface area (TPSA) is 20.2 Å². The summed E-state index contributed by atoms with van der Waals surface area (Å²) in [5.74, 6) is -0.176. The zero-order valence-corrected chi connectivity index (χ0v) is 9.84. The Balaban J connectivity index is 3.19. The summed E-state index contributed by atoms with van der Waals surface area (Å²) >= 11 is 0. The molecule has 2 heteroatoms. The highest BCUT2D eigenvalue weighted by Crippen LogP contribution is 2.33. The molecular formula is C13H19FO. The van der Waals surface area contributed by atoms with Gasteiger partial charge in [-0.25, -0.2) is 4.39 Å². The SMILES string of the molecule is CCC(O)(c1ccc(C)c(F)c1)C(C)C. The van der Waals surface area contributed by atoms with Crippen molar-refractivity contribution in [3.05, 3.63) is 35.1 Å². The lowest BCUT2D eigenvalue weighted by Crippen LogP contribution is -2.31. The number of halogens is 1. The number of hydrogen-bond donors (Lipinski definition) is 1. The Morgan fingerprint density at radius 3 is 2.40 bits per heavy atom. The van der Waals surface area contributed by atoms with Gasteiger partial charge in [-0.15, -0.1) is 0 Å². The van der Waals surface area contributed by atoms with Gasteiger partial charge in [-0.3, -0.25) is 0 Å². The maximum Gasteiger partial charge on any atom is 0.126 e. The van der Waals surface area contributed by atoms with Crippen molar-refractivity contribution in [3.8, 4) is 0 Å². The van der Waals surface area contributed by atoms with Crippen molar-refractivity contribution in [2.75, 3.05) is 0 Å². The molecule has 0 aliphatic heterocycles. The van der Waals surface area contributed by atoms with E-state index in [1.165, 1.54) is 6.07 Å². The summed E-state index contributed by atoms with van der Waals surface area (Å²) in [6.07, 6.45) is 0.590. The zero-order chi connectivity index (χ0) is 11.6. The molecule has 0 aliphatic carbocycles. The average molecular weight is 210 g/mol. The van der Waals surface area contributed by atoms with Crippen LogP contribution in [0.4, 0.5) is 4.39 Å². The Bertz CT molecular complexity index is 346. The van der Waals surface area contributed by atoms with Crippen LogP contribution in [0.25, 0.3) is 0 Å². The molecule has 0 aliphatic rings. The van der Waals surface area contributed by atoms with Crippen molar-refractivity contribution in [2.45, 2.75) is 39.7 Å². The van der Waals surface area contributed by atoms with Gasteiger partial charge in [-0.2, -0.15) is 0 Å². The van der Waals surface area contributed by atoms with Crippen LogP contribution in [0, 0.1) is 18.7 Å². The molecule has 0 aromatic heterocycles. The zero-order valence-electron chi connectivity index (χ0n) is 9.84. The average Bonchev–Trinajstić information content (AvgIpc) is 2.20. The first kappa shape index (κ1) is 12.2. The number of benzene rings is 1. The molecule has 1 atom stereocenters. The molecule has 0 saturated carbocycles. The molecule has 1 aromatic rings. The van der Waals surface area contributed by atoms with Gasteiger partial charge in [0.2, 0.25) is 0 Å². The lowest BCUT2D eigenvalue weighted by molar-refractivity contribution is -0.0142. The van der Waals surface area contributed by atoms with E-state index in [9.17, 15) is 9.50 Å². The highest BCUT2D eigenvalue weighted by Gasteiger charge is 2.31. The third kappa shape index (κ3) is 2.20. The lowest BCUT2D eigenvalue weighted by atomic mass is 9.81. The smallest absolute Gasteiger partial charge is 0.126 e. The van der Waals surface area contributed by atoms with Crippen LogP contribution in [0.2, 0.25) is 0 Å². The van der Waals surface area contributed by atoms with Crippen LogP contribution in [0.5, 0.6) is 0 Å². The van der Waals surface area contributed by atoms with Crippen molar-refractivity contribution in [3.63, 3.8) is 0 Å². The molecule has 0 spiro atoms. The number of aryl methyl sites for hydroxylation is 1.